The average Bonchev–Trinajstić information content (AvgIpc) is 2.63. The Labute approximate surface area is 105 Å². The van der Waals surface area contributed by atoms with Crippen LogP contribution in [0.1, 0.15) is 77.2 Å². The molecule has 0 aliphatic rings. The van der Waals surface area contributed by atoms with Crippen LogP contribution in [0.4, 0.5) is 5.82 Å². The molecule has 0 aliphatic heterocycles. The second kappa shape index (κ2) is 6.08. The van der Waals surface area contributed by atoms with Crippen molar-refractivity contribution < 1.29 is 0 Å². The van der Waals surface area contributed by atoms with Crippen molar-refractivity contribution in [2.24, 2.45) is 0 Å². The molecule has 3 heteroatoms. The molecule has 1 aromatic heterocycles. The number of hydrogen-bond donors (Lipinski definition) is 1. The van der Waals surface area contributed by atoms with Crippen LogP contribution in [-0.4, -0.2) is 9.55 Å². The third-order valence-corrected chi connectivity index (χ3v) is 3.40. The highest BCUT2D eigenvalue weighted by Crippen LogP contribution is 2.28. The Hall–Kier alpha value is -0.990. The van der Waals surface area contributed by atoms with Gasteiger partial charge in [0.2, 0.25) is 0 Å². The molecule has 1 atom stereocenters. The van der Waals surface area contributed by atoms with Crippen molar-refractivity contribution in [1.29, 1.82) is 0 Å². The summed E-state index contributed by atoms with van der Waals surface area (Å²) in [6, 6.07) is 0. The van der Waals surface area contributed by atoms with Gasteiger partial charge in [-0.1, -0.05) is 41.0 Å². The minimum Gasteiger partial charge on any atom is -0.384 e. The van der Waals surface area contributed by atoms with E-state index < -0.39 is 0 Å². The lowest BCUT2D eigenvalue weighted by Crippen LogP contribution is -2.09. The first-order valence-electron chi connectivity index (χ1n) is 6.88. The van der Waals surface area contributed by atoms with Crippen LogP contribution >= 0.6 is 0 Å². The highest BCUT2D eigenvalue weighted by molar-refractivity contribution is 5.41. The van der Waals surface area contributed by atoms with Gasteiger partial charge in [0, 0.05) is 18.4 Å². The molecule has 0 amide bonds. The number of nitrogens with zero attached hydrogens (tertiary/aromatic N) is 2. The number of unbranched alkanes of at least 4 members (excludes halogenated alkanes) is 1. The molecular formula is C14H27N3. The number of rotatable bonds is 6. The van der Waals surface area contributed by atoms with Crippen LogP contribution in [0.15, 0.2) is 0 Å². The fraction of sp³-hybridized carbons (Fsp3) is 0.786. The maximum Gasteiger partial charge on any atom is 0.127 e. The van der Waals surface area contributed by atoms with Crippen molar-refractivity contribution in [3.63, 3.8) is 0 Å². The van der Waals surface area contributed by atoms with Gasteiger partial charge in [-0.05, 0) is 12.8 Å². The van der Waals surface area contributed by atoms with E-state index in [0.717, 1.165) is 30.3 Å². The van der Waals surface area contributed by atoms with Crippen LogP contribution in [0.2, 0.25) is 0 Å². The van der Waals surface area contributed by atoms with Gasteiger partial charge < -0.3 is 10.3 Å². The molecule has 0 spiro atoms. The normalized spacial score (nSPS) is 13.3. The first-order valence-corrected chi connectivity index (χ1v) is 6.88. The largest absolute Gasteiger partial charge is 0.384 e. The van der Waals surface area contributed by atoms with E-state index in [4.69, 9.17) is 10.7 Å². The average molecular weight is 237 g/mol. The summed E-state index contributed by atoms with van der Waals surface area (Å²) in [6.45, 7) is 12.0. The Morgan fingerprint density at radius 1 is 1.24 bits per heavy atom. The van der Waals surface area contributed by atoms with Crippen molar-refractivity contribution in [3.05, 3.63) is 11.5 Å². The molecule has 3 nitrogen and oxygen atoms in total. The Kier molecular flexibility index (Phi) is 5.03. The van der Waals surface area contributed by atoms with Gasteiger partial charge in [-0.25, -0.2) is 4.98 Å². The van der Waals surface area contributed by atoms with Gasteiger partial charge in [-0.2, -0.15) is 0 Å². The summed E-state index contributed by atoms with van der Waals surface area (Å²) in [6.07, 6.45) is 3.45. The molecule has 1 unspecified atom stereocenters. The first-order chi connectivity index (χ1) is 8.02. The van der Waals surface area contributed by atoms with Crippen LogP contribution in [0.25, 0.3) is 0 Å². The Morgan fingerprint density at radius 3 is 2.35 bits per heavy atom. The summed E-state index contributed by atoms with van der Waals surface area (Å²) in [5, 5.41) is 0. The first kappa shape index (κ1) is 14.1. The van der Waals surface area contributed by atoms with Gasteiger partial charge in [-0.3, -0.25) is 0 Å². The Balaban J connectivity index is 3.10. The number of hydrogen-bond acceptors (Lipinski definition) is 2. The summed E-state index contributed by atoms with van der Waals surface area (Å²) < 4.78 is 2.22. The molecule has 1 aromatic rings. The topological polar surface area (TPSA) is 43.8 Å². The maximum atomic E-state index is 6.26. The molecular weight excluding hydrogens is 210 g/mol. The number of anilines is 1. The van der Waals surface area contributed by atoms with E-state index in [1.807, 2.05) is 0 Å². The van der Waals surface area contributed by atoms with E-state index in [0.29, 0.717) is 11.8 Å². The third kappa shape index (κ3) is 3.02. The van der Waals surface area contributed by atoms with E-state index in [2.05, 4.69) is 39.2 Å². The minimum absolute atomic E-state index is 0.437. The van der Waals surface area contributed by atoms with E-state index in [1.54, 1.807) is 0 Å². The van der Waals surface area contributed by atoms with E-state index in [1.165, 1.54) is 12.8 Å². The number of aromatic nitrogens is 2. The van der Waals surface area contributed by atoms with Crippen LogP contribution in [0.5, 0.6) is 0 Å². The molecule has 0 bridgehead atoms. The Morgan fingerprint density at radius 2 is 1.88 bits per heavy atom. The van der Waals surface area contributed by atoms with Crippen LogP contribution < -0.4 is 5.73 Å². The van der Waals surface area contributed by atoms with Crippen molar-refractivity contribution in [1.82, 2.24) is 9.55 Å². The number of nitrogens with two attached hydrogens (primary N) is 1. The van der Waals surface area contributed by atoms with Gasteiger partial charge in [-0.15, -0.1) is 0 Å². The zero-order valence-electron chi connectivity index (χ0n) is 12.0. The Bertz CT molecular complexity index is 353. The lowest BCUT2D eigenvalue weighted by atomic mass is 10.1. The molecule has 0 radical (unpaired) electrons. The summed E-state index contributed by atoms with van der Waals surface area (Å²) in [7, 11) is 0. The zero-order valence-corrected chi connectivity index (χ0v) is 12.0. The highest BCUT2D eigenvalue weighted by atomic mass is 15.1. The second-order valence-electron chi connectivity index (χ2n) is 5.21. The molecule has 0 aromatic carbocycles. The van der Waals surface area contributed by atoms with Gasteiger partial charge in [0.15, 0.2) is 0 Å². The monoisotopic (exact) mass is 237 g/mol. The maximum absolute atomic E-state index is 6.26. The molecule has 0 aliphatic carbocycles. The second-order valence-corrected chi connectivity index (χ2v) is 5.21. The van der Waals surface area contributed by atoms with Gasteiger partial charge in [0.1, 0.15) is 11.6 Å². The zero-order chi connectivity index (χ0) is 13.0. The summed E-state index contributed by atoms with van der Waals surface area (Å²) >= 11 is 0. The van der Waals surface area contributed by atoms with E-state index >= 15 is 0 Å². The molecule has 0 saturated heterocycles. The van der Waals surface area contributed by atoms with E-state index in [-0.39, 0.29) is 0 Å². The third-order valence-electron chi connectivity index (χ3n) is 3.40. The predicted octanol–water partition coefficient (Wildman–Crippen LogP) is 3.90. The molecule has 1 rings (SSSR count). The number of nitrogen functional groups attached to an aromatic ring is 1. The summed E-state index contributed by atoms with van der Waals surface area (Å²) in [4.78, 5) is 4.77. The van der Waals surface area contributed by atoms with Crippen molar-refractivity contribution >= 4 is 5.82 Å². The molecule has 1 heterocycles. The van der Waals surface area contributed by atoms with Crippen LogP contribution in [0, 0.1) is 0 Å². The standard InChI is InChI=1S/C14H27N3/c1-6-8-9-17-13(15)12(11(5)7-2)16-14(17)10(3)4/h10-11H,6-9,15H2,1-5H3. The SMILES string of the molecule is CCCCn1c(C(C)C)nc(C(C)CC)c1N. The summed E-state index contributed by atoms with van der Waals surface area (Å²) in [5.74, 6) is 2.92. The lowest BCUT2D eigenvalue weighted by molar-refractivity contribution is 0.588. The molecule has 2 N–H and O–H groups in total. The lowest BCUT2D eigenvalue weighted by Gasteiger charge is -2.11. The van der Waals surface area contributed by atoms with Gasteiger partial charge in [0.25, 0.3) is 0 Å². The van der Waals surface area contributed by atoms with Gasteiger partial charge in [0.05, 0.1) is 5.69 Å². The highest BCUT2D eigenvalue weighted by Gasteiger charge is 2.19. The number of imidazole rings is 1. The fourth-order valence-corrected chi connectivity index (χ4v) is 2.05. The molecule has 0 saturated carbocycles. The summed E-state index contributed by atoms with van der Waals surface area (Å²) in [5.41, 5.74) is 7.35. The van der Waals surface area contributed by atoms with Crippen molar-refractivity contribution in [2.75, 3.05) is 5.73 Å². The van der Waals surface area contributed by atoms with E-state index in [9.17, 15) is 0 Å². The smallest absolute Gasteiger partial charge is 0.127 e. The van der Waals surface area contributed by atoms with Gasteiger partial charge >= 0.3 is 0 Å². The van der Waals surface area contributed by atoms with Crippen LogP contribution in [0.3, 0.4) is 0 Å². The fourth-order valence-electron chi connectivity index (χ4n) is 2.05. The van der Waals surface area contributed by atoms with Crippen molar-refractivity contribution in [3.8, 4) is 0 Å². The molecule has 17 heavy (non-hydrogen) atoms. The van der Waals surface area contributed by atoms with Crippen LogP contribution in [-0.2, 0) is 6.54 Å². The minimum atomic E-state index is 0.437. The molecule has 98 valence electrons. The quantitative estimate of drug-likeness (QED) is 0.815. The molecule has 0 fully saturated rings. The predicted molar refractivity (Wildman–Crippen MR) is 74.3 cm³/mol. The van der Waals surface area contributed by atoms with Crippen molar-refractivity contribution in [2.45, 2.75) is 72.3 Å².